The molecule has 0 aliphatic carbocycles. The van der Waals surface area contributed by atoms with Crippen molar-refractivity contribution in [3.8, 4) is 0 Å². The van der Waals surface area contributed by atoms with E-state index in [9.17, 15) is 0 Å². The van der Waals surface area contributed by atoms with E-state index in [4.69, 9.17) is 21.8 Å². The van der Waals surface area contributed by atoms with Gasteiger partial charge in [0.25, 0.3) is 5.22 Å². The molecule has 0 radical (unpaired) electrons. The van der Waals surface area contributed by atoms with Crippen LogP contribution in [0.2, 0.25) is 5.02 Å². The predicted octanol–water partition coefficient (Wildman–Crippen LogP) is 3.51. The molecular formula is C11H11ClN2OS. The Hall–Kier alpha value is -1.13. The Morgan fingerprint density at radius 2 is 2.31 bits per heavy atom. The fraction of sp³-hybridized carbons (Fsp3) is 0.182. The monoisotopic (exact) mass is 254 g/mol. The van der Waals surface area contributed by atoms with Crippen molar-refractivity contribution in [3.05, 3.63) is 40.7 Å². The zero-order chi connectivity index (χ0) is 11.5. The van der Waals surface area contributed by atoms with Gasteiger partial charge in [0.15, 0.2) is 0 Å². The first-order valence-corrected chi connectivity index (χ1v) is 6.10. The Labute approximate surface area is 103 Å². The molecule has 0 saturated carbocycles. The minimum Gasteiger partial charge on any atom is -0.440 e. The lowest BCUT2D eigenvalue weighted by Gasteiger charge is -2.03. The number of aryl methyl sites for hydroxylation is 1. The van der Waals surface area contributed by atoms with Gasteiger partial charge in [-0.1, -0.05) is 23.4 Å². The summed E-state index contributed by atoms with van der Waals surface area (Å²) in [4.78, 5) is 4.20. The van der Waals surface area contributed by atoms with Crippen LogP contribution >= 0.6 is 23.4 Å². The number of rotatable bonds is 3. The van der Waals surface area contributed by atoms with Crippen molar-refractivity contribution in [2.24, 2.45) is 0 Å². The number of benzene rings is 1. The molecule has 2 rings (SSSR count). The van der Waals surface area contributed by atoms with Gasteiger partial charge in [-0.25, -0.2) is 4.98 Å². The van der Waals surface area contributed by atoms with Gasteiger partial charge in [0.05, 0.1) is 5.69 Å². The molecule has 0 saturated heterocycles. The van der Waals surface area contributed by atoms with Gasteiger partial charge in [0, 0.05) is 16.5 Å². The standard InChI is InChI=1S/C11H11ClN2OS/c1-7-5-15-11(14-7)16-6-8-4-9(12)2-3-10(8)13/h2-5H,6,13H2,1H3. The first kappa shape index (κ1) is 11.4. The minimum atomic E-state index is 0.650. The SMILES string of the molecule is Cc1coc(SCc2cc(Cl)ccc2N)n1. The van der Waals surface area contributed by atoms with E-state index < -0.39 is 0 Å². The first-order valence-electron chi connectivity index (χ1n) is 4.74. The summed E-state index contributed by atoms with van der Waals surface area (Å²) in [6.45, 7) is 1.89. The Balaban J connectivity index is 2.07. The molecule has 5 heteroatoms. The molecular weight excluding hydrogens is 244 g/mol. The second kappa shape index (κ2) is 4.80. The van der Waals surface area contributed by atoms with Crippen LogP contribution in [-0.2, 0) is 5.75 Å². The van der Waals surface area contributed by atoms with E-state index in [0.29, 0.717) is 16.0 Å². The molecule has 0 spiro atoms. The highest BCUT2D eigenvalue weighted by atomic mass is 35.5. The molecule has 1 aromatic carbocycles. The Bertz CT molecular complexity index is 498. The smallest absolute Gasteiger partial charge is 0.256 e. The summed E-state index contributed by atoms with van der Waals surface area (Å²) in [6, 6.07) is 5.44. The maximum atomic E-state index is 5.90. The average Bonchev–Trinajstić information content (AvgIpc) is 2.66. The van der Waals surface area contributed by atoms with Crippen LogP contribution in [0.5, 0.6) is 0 Å². The molecule has 16 heavy (non-hydrogen) atoms. The predicted molar refractivity (Wildman–Crippen MR) is 66.7 cm³/mol. The average molecular weight is 255 g/mol. The zero-order valence-corrected chi connectivity index (χ0v) is 10.3. The van der Waals surface area contributed by atoms with E-state index in [1.54, 1.807) is 18.4 Å². The number of anilines is 1. The number of thioether (sulfide) groups is 1. The van der Waals surface area contributed by atoms with Gasteiger partial charge < -0.3 is 10.2 Å². The molecule has 0 aliphatic rings. The summed E-state index contributed by atoms with van der Waals surface area (Å²) in [5.74, 6) is 0.701. The largest absolute Gasteiger partial charge is 0.440 e. The zero-order valence-electron chi connectivity index (χ0n) is 8.74. The fourth-order valence-electron chi connectivity index (χ4n) is 1.24. The van der Waals surface area contributed by atoms with Crippen molar-refractivity contribution in [2.75, 3.05) is 5.73 Å². The van der Waals surface area contributed by atoms with Crippen LogP contribution in [0, 0.1) is 6.92 Å². The number of nitrogen functional groups attached to an aromatic ring is 1. The third kappa shape index (κ3) is 2.71. The van der Waals surface area contributed by atoms with Gasteiger partial charge in [0.2, 0.25) is 0 Å². The normalized spacial score (nSPS) is 10.6. The van der Waals surface area contributed by atoms with Crippen molar-refractivity contribution in [1.82, 2.24) is 4.98 Å². The van der Waals surface area contributed by atoms with Gasteiger partial charge >= 0.3 is 0 Å². The van der Waals surface area contributed by atoms with Gasteiger partial charge in [-0.05, 0) is 30.7 Å². The Morgan fingerprint density at radius 1 is 1.50 bits per heavy atom. The molecule has 1 heterocycles. The molecule has 3 nitrogen and oxygen atoms in total. The number of oxazole rings is 1. The highest BCUT2D eigenvalue weighted by Gasteiger charge is 2.05. The molecule has 0 atom stereocenters. The van der Waals surface area contributed by atoms with Gasteiger partial charge in [0.1, 0.15) is 6.26 Å². The number of nitrogens with zero attached hydrogens (tertiary/aromatic N) is 1. The van der Waals surface area contributed by atoms with E-state index in [-0.39, 0.29) is 0 Å². The summed E-state index contributed by atoms with van der Waals surface area (Å²) in [5, 5.41) is 1.34. The number of hydrogen-bond donors (Lipinski definition) is 1. The van der Waals surface area contributed by atoms with E-state index in [1.807, 2.05) is 13.0 Å². The quantitative estimate of drug-likeness (QED) is 0.673. The van der Waals surface area contributed by atoms with Crippen molar-refractivity contribution in [2.45, 2.75) is 17.9 Å². The molecule has 1 aromatic heterocycles. The molecule has 0 unspecified atom stereocenters. The summed E-state index contributed by atoms with van der Waals surface area (Å²) >= 11 is 7.40. The summed E-state index contributed by atoms with van der Waals surface area (Å²) in [6.07, 6.45) is 1.63. The maximum absolute atomic E-state index is 5.90. The topological polar surface area (TPSA) is 52.0 Å². The molecule has 2 N–H and O–H groups in total. The number of nitrogens with two attached hydrogens (primary N) is 1. The number of aromatic nitrogens is 1. The molecule has 0 amide bonds. The lowest BCUT2D eigenvalue weighted by Crippen LogP contribution is -1.92. The fourth-order valence-corrected chi connectivity index (χ4v) is 2.29. The van der Waals surface area contributed by atoms with Gasteiger partial charge in [-0.3, -0.25) is 0 Å². The molecule has 0 bridgehead atoms. The van der Waals surface area contributed by atoms with E-state index in [2.05, 4.69) is 4.98 Å². The van der Waals surface area contributed by atoms with Crippen LogP contribution in [-0.4, -0.2) is 4.98 Å². The van der Waals surface area contributed by atoms with Crippen molar-refractivity contribution >= 4 is 29.1 Å². The van der Waals surface area contributed by atoms with Crippen LogP contribution in [0.3, 0.4) is 0 Å². The van der Waals surface area contributed by atoms with E-state index >= 15 is 0 Å². The second-order valence-corrected chi connectivity index (χ2v) is 4.75. The summed E-state index contributed by atoms with van der Waals surface area (Å²) in [7, 11) is 0. The van der Waals surface area contributed by atoms with Crippen molar-refractivity contribution in [3.63, 3.8) is 0 Å². The molecule has 0 fully saturated rings. The summed E-state index contributed by atoms with van der Waals surface area (Å²) in [5.41, 5.74) is 8.44. The first-order chi connectivity index (χ1) is 7.65. The van der Waals surface area contributed by atoms with Gasteiger partial charge in [-0.15, -0.1) is 0 Å². The Kier molecular flexibility index (Phi) is 3.41. The van der Waals surface area contributed by atoms with E-state index in [1.165, 1.54) is 11.8 Å². The minimum absolute atomic E-state index is 0.650. The van der Waals surface area contributed by atoms with Gasteiger partial charge in [-0.2, -0.15) is 0 Å². The lowest BCUT2D eigenvalue weighted by molar-refractivity contribution is 0.454. The van der Waals surface area contributed by atoms with Crippen LogP contribution in [0.1, 0.15) is 11.3 Å². The van der Waals surface area contributed by atoms with E-state index in [0.717, 1.165) is 16.9 Å². The molecule has 0 aliphatic heterocycles. The van der Waals surface area contributed by atoms with Crippen LogP contribution in [0.15, 0.2) is 34.1 Å². The Morgan fingerprint density at radius 3 is 3.00 bits per heavy atom. The third-order valence-corrected chi connectivity index (χ3v) is 3.18. The number of hydrogen-bond acceptors (Lipinski definition) is 4. The summed E-state index contributed by atoms with van der Waals surface area (Å²) < 4.78 is 5.23. The lowest BCUT2D eigenvalue weighted by atomic mass is 10.2. The van der Waals surface area contributed by atoms with Crippen molar-refractivity contribution in [1.29, 1.82) is 0 Å². The highest BCUT2D eigenvalue weighted by molar-refractivity contribution is 7.98. The van der Waals surface area contributed by atoms with Crippen LogP contribution < -0.4 is 5.73 Å². The molecule has 2 aromatic rings. The van der Waals surface area contributed by atoms with Crippen molar-refractivity contribution < 1.29 is 4.42 Å². The highest BCUT2D eigenvalue weighted by Crippen LogP contribution is 2.26. The number of halogens is 1. The van der Waals surface area contributed by atoms with Crippen LogP contribution in [0.4, 0.5) is 5.69 Å². The maximum Gasteiger partial charge on any atom is 0.256 e. The van der Waals surface area contributed by atoms with Crippen LogP contribution in [0.25, 0.3) is 0 Å². The molecule has 84 valence electrons. The third-order valence-electron chi connectivity index (χ3n) is 2.05. The second-order valence-electron chi connectivity index (χ2n) is 3.39.